The quantitative estimate of drug-likeness (QED) is 0.535. The van der Waals surface area contributed by atoms with Crippen molar-refractivity contribution in [2.75, 3.05) is 0 Å². The molecule has 0 amide bonds. The van der Waals surface area contributed by atoms with Crippen molar-refractivity contribution >= 4 is 0 Å². The van der Waals surface area contributed by atoms with Crippen LogP contribution in [0.5, 0.6) is 0 Å². The van der Waals surface area contributed by atoms with Gasteiger partial charge in [-0.2, -0.15) is 0 Å². The third kappa shape index (κ3) is 3.23. The Kier molecular flexibility index (Phi) is 3.07. The van der Waals surface area contributed by atoms with Crippen LogP contribution < -0.4 is 0 Å². The Morgan fingerprint density at radius 1 is 1.00 bits per heavy atom. The van der Waals surface area contributed by atoms with Crippen LogP contribution in [0.3, 0.4) is 0 Å². The third-order valence-electron chi connectivity index (χ3n) is 2.71. The Morgan fingerprint density at radius 3 is 1.29 bits per heavy atom. The summed E-state index contributed by atoms with van der Waals surface area (Å²) in [7, 11) is 0. The van der Waals surface area contributed by atoms with Crippen LogP contribution in [0.1, 0.15) is 13.8 Å². The van der Waals surface area contributed by atoms with Crippen LogP contribution >= 0.6 is 0 Å². The van der Waals surface area contributed by atoms with Crippen molar-refractivity contribution in [1.29, 1.82) is 0 Å². The first-order valence-electron chi connectivity index (χ1n) is 3.83. The SMILES string of the molecule is C[CH2][Zn]([CH3])([CH3])[CH2]C. The van der Waals surface area contributed by atoms with E-state index in [0.29, 0.717) is 0 Å². The van der Waals surface area contributed by atoms with E-state index >= 15 is 0 Å². The molecule has 0 aromatic heterocycles. The second kappa shape index (κ2) is 2.82. The van der Waals surface area contributed by atoms with E-state index in [1.807, 2.05) is 0 Å². The van der Waals surface area contributed by atoms with Gasteiger partial charge in [0.05, 0.1) is 0 Å². The molecule has 42 valence electrons. The molecular formula is C6H16Zn. The van der Waals surface area contributed by atoms with Crippen LogP contribution in [0, 0.1) is 0 Å². The second-order valence-electron chi connectivity index (χ2n) is 4.06. The minimum atomic E-state index is -1.36. The maximum absolute atomic E-state index is 2.52. The van der Waals surface area contributed by atoms with Gasteiger partial charge in [-0.1, -0.05) is 0 Å². The zero-order valence-electron chi connectivity index (χ0n) is 6.12. The van der Waals surface area contributed by atoms with Gasteiger partial charge in [0.1, 0.15) is 0 Å². The van der Waals surface area contributed by atoms with Crippen LogP contribution in [-0.2, 0) is 14.8 Å². The normalized spacial score (nSPS) is 9.71. The summed E-state index contributed by atoms with van der Waals surface area (Å²) in [6, 6.07) is 0. The molecule has 0 saturated carbocycles. The summed E-state index contributed by atoms with van der Waals surface area (Å²) in [6.07, 6.45) is 0. The molecule has 0 atom stereocenters. The molecule has 0 radical (unpaired) electrons. The number of hydrogen-bond donors (Lipinski definition) is 0. The predicted octanol–water partition coefficient (Wildman–Crippen LogP) is 3.11. The molecule has 0 aromatic rings. The van der Waals surface area contributed by atoms with Gasteiger partial charge in [0.15, 0.2) is 0 Å². The Bertz CT molecular complexity index is 42.1. The fourth-order valence-electron chi connectivity index (χ4n) is 0.354. The van der Waals surface area contributed by atoms with Gasteiger partial charge in [-0.25, -0.2) is 0 Å². The molecule has 0 fully saturated rings. The molecule has 0 aliphatic heterocycles. The molecule has 0 aromatic carbocycles. The van der Waals surface area contributed by atoms with Gasteiger partial charge in [-0.15, -0.1) is 0 Å². The molecular weight excluding hydrogens is 137 g/mol. The molecule has 0 aliphatic rings. The molecule has 0 aliphatic carbocycles. The standard InChI is InChI=1S/2C2H5.2CH3.Zn/c2*1-2;;;/h2*1H2,2H3;2*1H3;. The first-order chi connectivity index (χ1) is 3.12. The monoisotopic (exact) mass is 152 g/mol. The molecule has 0 heterocycles. The van der Waals surface area contributed by atoms with Crippen molar-refractivity contribution in [2.24, 2.45) is 0 Å². The fraction of sp³-hybridized carbons (Fsp3) is 1.00. The van der Waals surface area contributed by atoms with E-state index in [1.165, 1.54) is 10.0 Å². The number of rotatable bonds is 2. The molecule has 0 unspecified atom stereocenters. The van der Waals surface area contributed by atoms with Crippen molar-refractivity contribution in [3.05, 3.63) is 0 Å². The zero-order valence-corrected chi connectivity index (χ0v) is 9.09. The van der Waals surface area contributed by atoms with Gasteiger partial charge in [0.25, 0.3) is 0 Å². The van der Waals surface area contributed by atoms with Gasteiger partial charge in [-0.05, 0) is 0 Å². The van der Waals surface area contributed by atoms with E-state index in [0.717, 1.165) is 0 Å². The Labute approximate surface area is 50.1 Å². The first-order valence-corrected chi connectivity index (χ1v) is 14.0. The summed E-state index contributed by atoms with van der Waals surface area (Å²) in [6.45, 7) is 4.67. The van der Waals surface area contributed by atoms with Crippen LogP contribution in [0.15, 0.2) is 0 Å². The van der Waals surface area contributed by atoms with E-state index in [-0.39, 0.29) is 0 Å². The van der Waals surface area contributed by atoms with E-state index in [1.54, 1.807) is 0 Å². The summed E-state index contributed by atoms with van der Waals surface area (Å²) < 4.78 is 0. The van der Waals surface area contributed by atoms with Gasteiger partial charge >= 0.3 is 49.7 Å². The zero-order chi connectivity index (χ0) is 5.91. The summed E-state index contributed by atoms with van der Waals surface area (Å²) in [5.74, 6) is 0. The predicted molar refractivity (Wildman–Crippen MR) is 32.7 cm³/mol. The summed E-state index contributed by atoms with van der Waals surface area (Å²) in [5.41, 5.74) is 5.03. The molecule has 0 saturated heterocycles. The van der Waals surface area contributed by atoms with E-state index in [2.05, 4.69) is 24.9 Å². The Hall–Kier alpha value is 0.623. The molecule has 7 heavy (non-hydrogen) atoms. The summed E-state index contributed by atoms with van der Waals surface area (Å²) >= 11 is -1.36. The molecule has 0 nitrogen and oxygen atoms in total. The average Bonchev–Trinajstić information content (AvgIpc) is 1.68. The topological polar surface area (TPSA) is 0 Å². The van der Waals surface area contributed by atoms with Crippen LogP contribution in [0.2, 0.25) is 21.1 Å². The van der Waals surface area contributed by atoms with Crippen LogP contribution in [0.25, 0.3) is 0 Å². The molecule has 0 rings (SSSR count). The third-order valence-corrected chi connectivity index (χ3v) is 14.1. The van der Waals surface area contributed by atoms with Gasteiger partial charge in [-0.3, -0.25) is 0 Å². The van der Waals surface area contributed by atoms with Crippen molar-refractivity contribution in [1.82, 2.24) is 0 Å². The van der Waals surface area contributed by atoms with Crippen molar-refractivity contribution < 1.29 is 14.8 Å². The van der Waals surface area contributed by atoms with Crippen molar-refractivity contribution in [3.8, 4) is 0 Å². The molecule has 0 N–H and O–H groups in total. The van der Waals surface area contributed by atoms with Gasteiger partial charge < -0.3 is 0 Å². The Morgan fingerprint density at radius 2 is 1.29 bits per heavy atom. The molecule has 0 bridgehead atoms. The Balaban J connectivity index is 3.36. The first kappa shape index (κ1) is 7.62. The fourth-order valence-corrected chi connectivity index (χ4v) is 1.84. The summed E-state index contributed by atoms with van der Waals surface area (Å²) in [5, 5.41) is 3.03. The molecule has 1 heteroatoms. The van der Waals surface area contributed by atoms with E-state index in [9.17, 15) is 0 Å². The van der Waals surface area contributed by atoms with Crippen molar-refractivity contribution in [3.63, 3.8) is 0 Å². The van der Waals surface area contributed by atoms with Gasteiger partial charge in [0.2, 0.25) is 0 Å². The van der Waals surface area contributed by atoms with E-state index < -0.39 is 14.8 Å². The molecule has 0 spiro atoms. The maximum atomic E-state index is 2.52. The summed E-state index contributed by atoms with van der Waals surface area (Å²) in [4.78, 5) is 0. The van der Waals surface area contributed by atoms with E-state index in [4.69, 9.17) is 0 Å². The van der Waals surface area contributed by atoms with Crippen LogP contribution in [0.4, 0.5) is 0 Å². The number of hydrogen-bond acceptors (Lipinski definition) is 0. The average molecular weight is 154 g/mol. The van der Waals surface area contributed by atoms with Crippen molar-refractivity contribution in [2.45, 2.75) is 34.9 Å². The minimum absolute atomic E-state index is 1.36. The van der Waals surface area contributed by atoms with Gasteiger partial charge in [0, 0.05) is 0 Å². The second-order valence-corrected chi connectivity index (χ2v) is 21.1. The van der Waals surface area contributed by atoms with Crippen LogP contribution in [-0.4, -0.2) is 0 Å².